The minimum atomic E-state index is -0.213. The molecular formula is C22H22ClN5O3S. The third-order valence-corrected chi connectivity index (χ3v) is 6.18. The van der Waals surface area contributed by atoms with Crippen molar-refractivity contribution < 1.29 is 9.53 Å². The summed E-state index contributed by atoms with van der Waals surface area (Å²) in [5, 5.41) is 12.9. The lowest BCUT2D eigenvalue weighted by Crippen LogP contribution is -2.24. The third-order valence-electron chi connectivity index (χ3n) is 4.94. The summed E-state index contributed by atoms with van der Waals surface area (Å²) in [6.45, 7) is 2.92. The lowest BCUT2D eigenvalue weighted by molar-refractivity contribution is -0.113. The maximum atomic E-state index is 13.0. The maximum Gasteiger partial charge on any atom is 0.262 e. The Labute approximate surface area is 193 Å². The molecule has 4 rings (SSSR count). The van der Waals surface area contributed by atoms with Gasteiger partial charge in [-0.25, -0.2) is 0 Å². The Hall–Kier alpha value is -2.88. The molecule has 1 amide bonds. The minimum absolute atomic E-state index is 0.113. The van der Waals surface area contributed by atoms with Crippen LogP contribution in [0.4, 0.5) is 5.69 Å². The van der Waals surface area contributed by atoms with Crippen LogP contribution in [0.3, 0.4) is 0 Å². The fourth-order valence-corrected chi connectivity index (χ4v) is 4.46. The van der Waals surface area contributed by atoms with Gasteiger partial charge < -0.3 is 10.1 Å². The zero-order chi connectivity index (χ0) is 22.7. The third kappa shape index (κ3) is 4.50. The van der Waals surface area contributed by atoms with Gasteiger partial charge in [0, 0.05) is 20.3 Å². The standard InChI is InChI=1S/C22H22ClN5O3S/c1-14-8-9-17(16(23)12-14)24-19(29)13-32-22-26-25-21-27(10-5-11-31-2)20(30)15-6-3-4-7-18(15)28(21)22/h3-4,6-9,12H,5,10-11,13H2,1-2H3,(H,24,29). The van der Waals surface area contributed by atoms with Gasteiger partial charge in [-0.3, -0.25) is 18.6 Å². The Balaban J connectivity index is 1.63. The molecule has 1 N–H and O–H groups in total. The van der Waals surface area contributed by atoms with Gasteiger partial charge in [0.15, 0.2) is 5.16 Å². The van der Waals surface area contributed by atoms with Crippen LogP contribution in [0.2, 0.25) is 5.02 Å². The van der Waals surface area contributed by atoms with Crippen LogP contribution in [0, 0.1) is 6.92 Å². The van der Waals surface area contributed by atoms with Crippen LogP contribution in [0.15, 0.2) is 52.4 Å². The fraction of sp³-hybridized carbons (Fsp3) is 0.273. The summed E-state index contributed by atoms with van der Waals surface area (Å²) in [6, 6.07) is 12.8. The summed E-state index contributed by atoms with van der Waals surface area (Å²) >= 11 is 7.46. The van der Waals surface area contributed by atoms with Crippen molar-refractivity contribution in [2.45, 2.75) is 25.0 Å². The van der Waals surface area contributed by atoms with Gasteiger partial charge >= 0.3 is 0 Å². The van der Waals surface area contributed by atoms with E-state index in [4.69, 9.17) is 16.3 Å². The Morgan fingerprint density at radius 1 is 1.22 bits per heavy atom. The number of carbonyl (C=O) groups excluding carboxylic acids is 1. The number of rotatable bonds is 8. The number of fused-ring (bicyclic) bond motifs is 3. The number of anilines is 1. The van der Waals surface area contributed by atoms with Crippen molar-refractivity contribution >= 4 is 51.6 Å². The molecule has 32 heavy (non-hydrogen) atoms. The van der Waals surface area contributed by atoms with Crippen molar-refractivity contribution in [3.05, 3.63) is 63.4 Å². The van der Waals surface area contributed by atoms with Crippen LogP contribution in [0.5, 0.6) is 0 Å². The molecule has 0 fully saturated rings. The topological polar surface area (TPSA) is 90.5 Å². The highest BCUT2D eigenvalue weighted by Gasteiger charge is 2.17. The molecule has 0 aliphatic heterocycles. The molecule has 8 nitrogen and oxygen atoms in total. The number of amides is 1. The molecular weight excluding hydrogens is 450 g/mol. The van der Waals surface area contributed by atoms with Gasteiger partial charge in [0.1, 0.15) is 0 Å². The number of nitrogens with zero attached hydrogens (tertiary/aromatic N) is 4. The smallest absolute Gasteiger partial charge is 0.262 e. The van der Waals surface area contributed by atoms with E-state index >= 15 is 0 Å². The van der Waals surface area contributed by atoms with Crippen molar-refractivity contribution in [2.75, 3.05) is 24.8 Å². The van der Waals surface area contributed by atoms with Crippen molar-refractivity contribution in [1.82, 2.24) is 19.2 Å². The molecule has 10 heteroatoms. The van der Waals surface area contributed by atoms with Crippen molar-refractivity contribution in [3.8, 4) is 0 Å². The summed E-state index contributed by atoms with van der Waals surface area (Å²) in [5.41, 5.74) is 2.15. The highest BCUT2D eigenvalue weighted by Crippen LogP contribution is 2.25. The van der Waals surface area contributed by atoms with Gasteiger partial charge in [-0.15, -0.1) is 10.2 Å². The summed E-state index contributed by atoms with van der Waals surface area (Å²) in [6.07, 6.45) is 0.666. The van der Waals surface area contributed by atoms with Crippen LogP contribution in [0.1, 0.15) is 12.0 Å². The van der Waals surface area contributed by atoms with Gasteiger partial charge in [-0.2, -0.15) is 0 Å². The molecule has 2 aromatic carbocycles. The molecule has 0 saturated heterocycles. The first-order valence-corrected chi connectivity index (χ1v) is 11.4. The molecule has 0 unspecified atom stereocenters. The molecule has 2 aromatic heterocycles. The summed E-state index contributed by atoms with van der Waals surface area (Å²) < 4.78 is 8.54. The van der Waals surface area contributed by atoms with E-state index in [1.165, 1.54) is 11.8 Å². The number of thioether (sulfide) groups is 1. The second kappa shape index (κ2) is 9.72. The number of benzene rings is 2. The predicted octanol–water partition coefficient (Wildman–Crippen LogP) is 3.77. The Morgan fingerprint density at radius 2 is 2.03 bits per heavy atom. The van der Waals surface area contributed by atoms with Gasteiger partial charge in [-0.1, -0.05) is 41.6 Å². The van der Waals surface area contributed by atoms with Crippen LogP contribution in [0.25, 0.3) is 16.7 Å². The average molecular weight is 472 g/mol. The molecule has 4 aromatic rings. The lowest BCUT2D eigenvalue weighted by Gasteiger charge is -2.11. The minimum Gasteiger partial charge on any atom is -0.385 e. The predicted molar refractivity (Wildman–Crippen MR) is 127 cm³/mol. The summed E-state index contributed by atoms with van der Waals surface area (Å²) in [7, 11) is 1.62. The molecule has 2 heterocycles. The van der Waals surface area contributed by atoms with Crippen molar-refractivity contribution in [2.24, 2.45) is 0 Å². The first kappa shape index (κ1) is 22.3. The van der Waals surface area contributed by atoms with Crippen LogP contribution in [-0.2, 0) is 16.1 Å². The van der Waals surface area contributed by atoms with E-state index in [0.717, 1.165) is 5.56 Å². The Kier molecular flexibility index (Phi) is 6.78. The normalized spacial score (nSPS) is 11.3. The first-order chi connectivity index (χ1) is 15.5. The largest absolute Gasteiger partial charge is 0.385 e. The number of aryl methyl sites for hydroxylation is 2. The van der Waals surface area contributed by atoms with E-state index in [0.29, 0.717) is 52.1 Å². The highest BCUT2D eigenvalue weighted by atomic mass is 35.5. The number of aromatic nitrogens is 4. The lowest BCUT2D eigenvalue weighted by atomic mass is 10.2. The molecule has 0 bridgehead atoms. The number of hydrogen-bond donors (Lipinski definition) is 1. The number of methoxy groups -OCH3 is 1. The zero-order valence-electron chi connectivity index (χ0n) is 17.7. The molecule has 0 aliphatic carbocycles. The number of halogens is 1. The van der Waals surface area contributed by atoms with Crippen LogP contribution >= 0.6 is 23.4 Å². The highest BCUT2D eigenvalue weighted by molar-refractivity contribution is 7.99. The van der Waals surface area contributed by atoms with E-state index in [2.05, 4.69) is 15.5 Å². The second-order valence-corrected chi connectivity index (χ2v) is 8.61. The Bertz CT molecular complexity index is 1350. The zero-order valence-corrected chi connectivity index (χ0v) is 19.2. The van der Waals surface area contributed by atoms with Gasteiger partial charge in [-0.05, 0) is 43.2 Å². The molecule has 0 atom stereocenters. The van der Waals surface area contributed by atoms with E-state index in [1.807, 2.05) is 35.6 Å². The van der Waals surface area contributed by atoms with Gasteiger partial charge in [0.2, 0.25) is 11.7 Å². The SMILES string of the molecule is COCCCn1c(=O)c2ccccc2n2c(SCC(=O)Nc3ccc(C)cc3Cl)nnc12. The van der Waals surface area contributed by atoms with E-state index in [1.54, 1.807) is 29.9 Å². The number of ether oxygens (including phenoxy) is 1. The van der Waals surface area contributed by atoms with E-state index < -0.39 is 0 Å². The maximum absolute atomic E-state index is 13.0. The Morgan fingerprint density at radius 3 is 2.81 bits per heavy atom. The first-order valence-electron chi connectivity index (χ1n) is 10.0. The molecule has 0 aliphatic rings. The number of carbonyl (C=O) groups is 1. The van der Waals surface area contributed by atoms with Crippen LogP contribution < -0.4 is 10.9 Å². The fourth-order valence-electron chi connectivity index (χ4n) is 3.43. The van der Waals surface area contributed by atoms with Gasteiger partial charge in [0.05, 0.1) is 27.4 Å². The molecule has 0 saturated carbocycles. The second-order valence-electron chi connectivity index (χ2n) is 7.26. The van der Waals surface area contributed by atoms with Crippen molar-refractivity contribution in [3.63, 3.8) is 0 Å². The van der Waals surface area contributed by atoms with E-state index in [9.17, 15) is 9.59 Å². The monoisotopic (exact) mass is 471 g/mol. The summed E-state index contributed by atoms with van der Waals surface area (Å²) in [5.74, 6) is 0.340. The summed E-state index contributed by atoms with van der Waals surface area (Å²) in [4.78, 5) is 25.6. The van der Waals surface area contributed by atoms with Gasteiger partial charge in [0.25, 0.3) is 5.56 Å². The molecule has 0 spiro atoms. The van der Waals surface area contributed by atoms with E-state index in [-0.39, 0.29) is 17.2 Å². The molecule has 0 radical (unpaired) electrons. The number of para-hydroxylation sites is 1. The number of hydrogen-bond acceptors (Lipinski definition) is 6. The molecule has 166 valence electrons. The van der Waals surface area contributed by atoms with Crippen molar-refractivity contribution in [1.29, 1.82) is 0 Å². The average Bonchev–Trinajstić information content (AvgIpc) is 3.20. The van der Waals surface area contributed by atoms with Crippen LogP contribution in [-0.4, -0.2) is 44.5 Å². The quantitative estimate of drug-likeness (QED) is 0.311. The number of nitrogens with one attached hydrogen (secondary N) is 1.